The van der Waals surface area contributed by atoms with Crippen molar-refractivity contribution in [2.45, 2.75) is 59.2 Å². The van der Waals surface area contributed by atoms with Crippen LogP contribution in [0.4, 0.5) is 15.0 Å². The van der Waals surface area contributed by atoms with E-state index < -0.39 is 23.5 Å². The molecule has 0 aliphatic carbocycles. The van der Waals surface area contributed by atoms with Gasteiger partial charge in [0.1, 0.15) is 35.2 Å². The van der Waals surface area contributed by atoms with Crippen LogP contribution in [0, 0.1) is 5.82 Å². The third-order valence-electron chi connectivity index (χ3n) is 5.00. The fourth-order valence-corrected chi connectivity index (χ4v) is 3.26. The standard InChI is InChI=1S/C25H32FN5O5/c1-6-18(29-24(33)36-25(3,4)5)15-35-20-9-8-17(26)12-16(20)13-27-21-10-11-31-22(30-21)19(14-28-31)23(32)34-7-2/h8-12,14,18H,6-7,13,15H2,1-5H3,(H,27,30)(H,29,33). The summed E-state index contributed by atoms with van der Waals surface area (Å²) in [5.74, 6) is -0.00178. The Hall–Kier alpha value is -3.89. The number of alkyl carbamates (subject to hydrolysis) is 1. The predicted octanol–water partition coefficient (Wildman–Crippen LogP) is 4.34. The van der Waals surface area contributed by atoms with Gasteiger partial charge in [0.2, 0.25) is 0 Å². The van der Waals surface area contributed by atoms with Gasteiger partial charge in [0.25, 0.3) is 0 Å². The second-order valence-corrected chi connectivity index (χ2v) is 9.03. The zero-order valence-corrected chi connectivity index (χ0v) is 21.1. The molecular formula is C25H32FN5O5. The molecule has 2 N–H and O–H groups in total. The SMILES string of the molecule is CCOC(=O)c1cnn2ccc(NCc3cc(F)ccc3OCC(CC)NC(=O)OC(C)(C)C)nc12. The summed E-state index contributed by atoms with van der Waals surface area (Å²) in [7, 11) is 0. The van der Waals surface area contributed by atoms with Crippen LogP contribution in [0.25, 0.3) is 5.65 Å². The van der Waals surface area contributed by atoms with Crippen molar-refractivity contribution in [1.29, 1.82) is 0 Å². The van der Waals surface area contributed by atoms with Gasteiger partial charge in [-0.1, -0.05) is 6.92 Å². The molecule has 0 aliphatic rings. The van der Waals surface area contributed by atoms with Crippen molar-refractivity contribution in [3.05, 3.63) is 53.6 Å². The maximum Gasteiger partial charge on any atom is 0.407 e. The van der Waals surface area contributed by atoms with E-state index in [1.54, 1.807) is 46.0 Å². The minimum Gasteiger partial charge on any atom is -0.491 e. The van der Waals surface area contributed by atoms with Crippen molar-refractivity contribution in [2.75, 3.05) is 18.5 Å². The van der Waals surface area contributed by atoms with Gasteiger partial charge in [-0.2, -0.15) is 5.10 Å². The molecule has 3 aromatic rings. The Kier molecular flexibility index (Phi) is 8.68. The molecule has 0 aliphatic heterocycles. The molecule has 194 valence electrons. The second kappa shape index (κ2) is 11.7. The molecule has 0 spiro atoms. The van der Waals surface area contributed by atoms with Gasteiger partial charge < -0.3 is 24.8 Å². The molecule has 0 saturated heterocycles. The molecule has 0 fully saturated rings. The van der Waals surface area contributed by atoms with E-state index in [4.69, 9.17) is 14.2 Å². The average Bonchev–Trinajstić information content (AvgIpc) is 3.23. The number of carbonyl (C=O) groups is 2. The Labute approximate surface area is 209 Å². The van der Waals surface area contributed by atoms with Gasteiger partial charge >= 0.3 is 12.1 Å². The number of carbonyl (C=O) groups excluding carboxylic acids is 2. The highest BCUT2D eigenvalue weighted by Gasteiger charge is 2.20. The number of anilines is 1. The number of benzene rings is 1. The summed E-state index contributed by atoms with van der Waals surface area (Å²) in [5, 5.41) is 10.0. The molecule has 1 atom stereocenters. The first-order valence-electron chi connectivity index (χ1n) is 11.8. The van der Waals surface area contributed by atoms with E-state index in [2.05, 4.69) is 20.7 Å². The summed E-state index contributed by atoms with van der Waals surface area (Å²) >= 11 is 0. The summed E-state index contributed by atoms with van der Waals surface area (Å²) in [6, 6.07) is 5.61. The molecule has 36 heavy (non-hydrogen) atoms. The lowest BCUT2D eigenvalue weighted by molar-refractivity contribution is 0.0483. The molecule has 3 rings (SSSR count). The van der Waals surface area contributed by atoms with Gasteiger partial charge in [0, 0.05) is 18.3 Å². The highest BCUT2D eigenvalue weighted by atomic mass is 19.1. The highest BCUT2D eigenvalue weighted by molar-refractivity contribution is 5.95. The number of fused-ring (bicyclic) bond motifs is 1. The van der Waals surface area contributed by atoms with E-state index in [0.717, 1.165) is 0 Å². The number of nitrogens with zero attached hydrogens (tertiary/aromatic N) is 3. The van der Waals surface area contributed by atoms with Crippen LogP contribution in [0.15, 0.2) is 36.7 Å². The molecule has 2 aromatic heterocycles. The maximum atomic E-state index is 14.0. The number of amides is 1. The predicted molar refractivity (Wildman–Crippen MR) is 132 cm³/mol. The number of hydrogen-bond donors (Lipinski definition) is 2. The normalized spacial score (nSPS) is 12.2. The molecular weight excluding hydrogens is 469 g/mol. The fourth-order valence-electron chi connectivity index (χ4n) is 3.26. The zero-order chi connectivity index (χ0) is 26.3. The number of nitrogens with one attached hydrogen (secondary N) is 2. The number of ether oxygens (including phenoxy) is 3. The molecule has 0 bridgehead atoms. The van der Waals surface area contributed by atoms with Gasteiger partial charge in [0.15, 0.2) is 5.65 Å². The number of esters is 1. The smallest absolute Gasteiger partial charge is 0.407 e. The van der Waals surface area contributed by atoms with Crippen LogP contribution in [0.5, 0.6) is 5.75 Å². The molecule has 0 radical (unpaired) electrons. The van der Waals surface area contributed by atoms with Crippen LogP contribution in [-0.2, 0) is 16.0 Å². The number of hydrogen-bond acceptors (Lipinski definition) is 8. The van der Waals surface area contributed by atoms with Crippen molar-refractivity contribution >= 4 is 23.5 Å². The number of aromatic nitrogens is 3. The minimum absolute atomic E-state index is 0.178. The van der Waals surface area contributed by atoms with Crippen LogP contribution in [0.2, 0.25) is 0 Å². The monoisotopic (exact) mass is 501 g/mol. The van der Waals surface area contributed by atoms with E-state index >= 15 is 0 Å². The van der Waals surface area contributed by atoms with Crippen LogP contribution in [-0.4, -0.2) is 51.5 Å². The molecule has 2 heterocycles. The number of halogens is 1. The summed E-state index contributed by atoms with van der Waals surface area (Å²) in [4.78, 5) is 28.7. The summed E-state index contributed by atoms with van der Waals surface area (Å²) in [6.45, 7) is 9.63. The molecule has 1 amide bonds. The Morgan fingerprint density at radius 2 is 1.97 bits per heavy atom. The first-order valence-corrected chi connectivity index (χ1v) is 11.8. The van der Waals surface area contributed by atoms with E-state index in [0.29, 0.717) is 29.2 Å². The van der Waals surface area contributed by atoms with Gasteiger partial charge in [0.05, 0.1) is 18.8 Å². The van der Waals surface area contributed by atoms with Crippen LogP contribution >= 0.6 is 0 Å². The fraction of sp³-hybridized carbons (Fsp3) is 0.440. The first-order chi connectivity index (χ1) is 17.1. The van der Waals surface area contributed by atoms with Gasteiger partial charge in [-0.05, 0) is 58.4 Å². The van der Waals surface area contributed by atoms with Crippen molar-refractivity contribution in [3.63, 3.8) is 0 Å². The topological polar surface area (TPSA) is 116 Å². The van der Waals surface area contributed by atoms with Crippen molar-refractivity contribution in [3.8, 4) is 5.75 Å². The maximum absolute atomic E-state index is 14.0. The largest absolute Gasteiger partial charge is 0.491 e. The van der Waals surface area contributed by atoms with Crippen LogP contribution in [0.3, 0.4) is 0 Å². The van der Waals surface area contributed by atoms with Gasteiger partial charge in [-0.15, -0.1) is 0 Å². The Morgan fingerprint density at radius 3 is 2.67 bits per heavy atom. The van der Waals surface area contributed by atoms with Crippen LogP contribution < -0.4 is 15.4 Å². The van der Waals surface area contributed by atoms with Crippen molar-refractivity contribution < 1.29 is 28.2 Å². The highest BCUT2D eigenvalue weighted by Crippen LogP contribution is 2.22. The molecule has 0 saturated carbocycles. The van der Waals surface area contributed by atoms with E-state index in [1.807, 2.05) is 6.92 Å². The van der Waals surface area contributed by atoms with Gasteiger partial charge in [-0.3, -0.25) is 0 Å². The minimum atomic E-state index is -0.607. The third-order valence-corrected chi connectivity index (χ3v) is 5.00. The van der Waals surface area contributed by atoms with E-state index in [1.165, 1.54) is 22.8 Å². The molecule has 1 unspecified atom stereocenters. The summed E-state index contributed by atoms with van der Waals surface area (Å²) in [6.07, 6.45) is 3.15. The average molecular weight is 502 g/mol. The Morgan fingerprint density at radius 1 is 1.19 bits per heavy atom. The Bertz CT molecular complexity index is 1210. The molecule has 1 aromatic carbocycles. The molecule has 10 nitrogen and oxygen atoms in total. The Balaban J connectivity index is 1.68. The second-order valence-electron chi connectivity index (χ2n) is 9.03. The van der Waals surface area contributed by atoms with E-state index in [-0.39, 0.29) is 31.4 Å². The quantitative estimate of drug-likeness (QED) is 0.394. The lowest BCUT2D eigenvalue weighted by atomic mass is 10.2. The zero-order valence-electron chi connectivity index (χ0n) is 21.1. The summed E-state index contributed by atoms with van der Waals surface area (Å²) < 4.78 is 31.8. The van der Waals surface area contributed by atoms with Crippen molar-refractivity contribution in [1.82, 2.24) is 19.9 Å². The molecule has 11 heteroatoms. The first kappa shape index (κ1) is 26.7. The van der Waals surface area contributed by atoms with Crippen LogP contribution in [0.1, 0.15) is 57.0 Å². The lowest BCUT2D eigenvalue weighted by Gasteiger charge is -2.23. The third kappa shape index (κ3) is 7.30. The number of rotatable bonds is 10. The summed E-state index contributed by atoms with van der Waals surface area (Å²) in [5.41, 5.74) is 0.541. The lowest BCUT2D eigenvalue weighted by Crippen LogP contribution is -2.41. The van der Waals surface area contributed by atoms with Gasteiger partial charge in [-0.25, -0.2) is 23.5 Å². The van der Waals surface area contributed by atoms with Crippen molar-refractivity contribution in [2.24, 2.45) is 0 Å². The van der Waals surface area contributed by atoms with E-state index in [9.17, 15) is 14.0 Å².